The van der Waals surface area contributed by atoms with Gasteiger partial charge in [0, 0.05) is 52.5 Å². The smallest absolute Gasteiger partial charge is 0.264 e. The van der Waals surface area contributed by atoms with Crippen LogP contribution < -0.4 is 5.32 Å². The highest BCUT2D eigenvalue weighted by Gasteiger charge is 2.18. The summed E-state index contributed by atoms with van der Waals surface area (Å²) in [4.78, 5) is 1.98. The first-order valence-electron chi connectivity index (χ1n) is 16.2. The first-order chi connectivity index (χ1) is 20.0. The number of ether oxygens (including phenoxy) is 3. The predicted molar refractivity (Wildman–Crippen MR) is 167 cm³/mol. The number of aliphatic hydroxyl groups excluding tert-OH is 3. The fraction of sp³-hybridized carbons (Fsp3) is 1.00. The lowest BCUT2D eigenvalue weighted by Gasteiger charge is -2.28. The molecule has 0 aromatic carbocycles. The molecule has 0 amide bonds. The van der Waals surface area contributed by atoms with Gasteiger partial charge in [0.25, 0.3) is 10.1 Å². The lowest BCUT2D eigenvalue weighted by atomic mass is 10.0. The van der Waals surface area contributed by atoms with E-state index in [0.717, 1.165) is 38.5 Å². The zero-order chi connectivity index (χ0) is 31.6. The molecule has 0 saturated heterocycles. The number of hydrogen-bond acceptors (Lipinski definition) is 10. The van der Waals surface area contributed by atoms with E-state index < -0.39 is 28.4 Å². The second-order valence-corrected chi connectivity index (χ2v) is 13.1. The third-order valence-electron chi connectivity index (χ3n) is 7.34. The zero-order valence-electron chi connectivity index (χ0n) is 26.9. The summed E-state index contributed by atoms with van der Waals surface area (Å²) in [6, 6.07) is 0. The van der Waals surface area contributed by atoms with Crippen LogP contribution in [-0.2, 0) is 24.3 Å². The van der Waals surface area contributed by atoms with Crippen molar-refractivity contribution in [2.45, 2.75) is 104 Å². The molecular formula is C30H64N2O9S. The van der Waals surface area contributed by atoms with Crippen molar-refractivity contribution < 1.29 is 42.5 Å². The summed E-state index contributed by atoms with van der Waals surface area (Å²) in [7, 11) is -4.01. The molecule has 0 heterocycles. The predicted octanol–water partition coefficient (Wildman–Crippen LogP) is 2.72. The fourth-order valence-electron chi connectivity index (χ4n) is 4.62. The van der Waals surface area contributed by atoms with Crippen LogP contribution in [0.15, 0.2) is 0 Å². The van der Waals surface area contributed by atoms with Crippen molar-refractivity contribution >= 4 is 10.1 Å². The number of rotatable bonds is 31. The van der Waals surface area contributed by atoms with E-state index in [-0.39, 0.29) is 45.1 Å². The molecule has 5 atom stereocenters. The molecular weight excluding hydrogens is 564 g/mol. The summed E-state index contributed by atoms with van der Waals surface area (Å²) >= 11 is 0. The van der Waals surface area contributed by atoms with Gasteiger partial charge < -0.3 is 34.8 Å². The average Bonchev–Trinajstić information content (AvgIpc) is 2.93. The molecule has 0 bridgehead atoms. The van der Waals surface area contributed by atoms with Crippen LogP contribution in [0.2, 0.25) is 0 Å². The highest BCUT2D eigenvalue weighted by Crippen LogP contribution is 2.14. The molecule has 0 spiro atoms. The van der Waals surface area contributed by atoms with E-state index in [1.165, 1.54) is 12.8 Å². The molecule has 0 rings (SSSR count). The van der Waals surface area contributed by atoms with Gasteiger partial charge in [-0.25, -0.2) is 0 Å². The largest absolute Gasteiger partial charge is 0.389 e. The molecule has 0 aromatic heterocycles. The Balaban J connectivity index is 4.64. The van der Waals surface area contributed by atoms with Crippen molar-refractivity contribution in [2.24, 2.45) is 11.8 Å². The first kappa shape index (κ1) is 41.6. The summed E-state index contributed by atoms with van der Waals surface area (Å²) in [5, 5.41) is 34.6. The summed E-state index contributed by atoms with van der Waals surface area (Å²) in [5.41, 5.74) is 0. The normalized spacial score (nSPS) is 16.0. The van der Waals surface area contributed by atoms with E-state index in [4.69, 9.17) is 18.8 Å². The Kier molecular flexibility index (Phi) is 26.7. The molecule has 0 fully saturated rings. The van der Waals surface area contributed by atoms with Crippen molar-refractivity contribution in [1.82, 2.24) is 10.2 Å². The van der Waals surface area contributed by atoms with Crippen molar-refractivity contribution in [3.63, 3.8) is 0 Å². The Bertz CT molecular complexity index is 672. The summed E-state index contributed by atoms with van der Waals surface area (Å²) < 4.78 is 47.2. The van der Waals surface area contributed by atoms with Crippen LogP contribution in [0.25, 0.3) is 0 Å². The highest BCUT2D eigenvalue weighted by atomic mass is 32.2. The van der Waals surface area contributed by atoms with Crippen molar-refractivity contribution in [2.75, 3.05) is 78.1 Å². The van der Waals surface area contributed by atoms with Crippen molar-refractivity contribution in [1.29, 1.82) is 0 Å². The van der Waals surface area contributed by atoms with Gasteiger partial charge in [0.15, 0.2) is 0 Å². The molecule has 0 aliphatic carbocycles. The second kappa shape index (κ2) is 26.9. The van der Waals surface area contributed by atoms with E-state index >= 15 is 0 Å². The lowest BCUT2D eigenvalue weighted by Crippen LogP contribution is -2.44. The molecule has 0 aromatic rings. The minimum Gasteiger partial charge on any atom is -0.389 e. The standard InChI is InChI=1S/C30H64N2O9S/c1-5-9-12-26(7-3)21-40-24-29(34)19-32(20-30(35)25-41-22-27(8-4)13-10-6-2)15-14-31-18-28(33)23-39-16-11-17-42(36,37)38/h26-31,33-35H,5-25H2,1-4H3,(H,36,37,38). The monoisotopic (exact) mass is 628 g/mol. The highest BCUT2D eigenvalue weighted by molar-refractivity contribution is 7.85. The van der Waals surface area contributed by atoms with Gasteiger partial charge in [0.1, 0.15) is 0 Å². The van der Waals surface area contributed by atoms with Crippen LogP contribution in [-0.4, -0.2) is 130 Å². The average molecular weight is 629 g/mol. The molecule has 42 heavy (non-hydrogen) atoms. The number of unbranched alkanes of at least 4 members (excludes halogenated alkanes) is 2. The van der Waals surface area contributed by atoms with E-state index in [1.807, 2.05) is 4.90 Å². The van der Waals surface area contributed by atoms with Gasteiger partial charge >= 0.3 is 0 Å². The van der Waals surface area contributed by atoms with Gasteiger partial charge in [-0.2, -0.15) is 8.42 Å². The fourth-order valence-corrected chi connectivity index (χ4v) is 5.11. The maximum absolute atomic E-state index is 10.7. The molecule has 254 valence electrons. The molecule has 0 aliphatic rings. The molecule has 5 N–H and O–H groups in total. The van der Waals surface area contributed by atoms with E-state index in [0.29, 0.717) is 51.2 Å². The Hall–Kier alpha value is -0.410. The number of aliphatic hydroxyl groups is 3. The lowest BCUT2D eigenvalue weighted by molar-refractivity contribution is -0.0204. The Labute approximate surface area is 256 Å². The molecule has 5 unspecified atom stereocenters. The summed E-state index contributed by atoms with van der Waals surface area (Å²) in [6.07, 6.45) is 7.04. The van der Waals surface area contributed by atoms with Gasteiger partial charge in [-0.05, 0) is 31.1 Å². The summed E-state index contributed by atoms with van der Waals surface area (Å²) in [5.74, 6) is 0.624. The van der Waals surface area contributed by atoms with Crippen LogP contribution in [0, 0.1) is 11.8 Å². The molecule has 11 nitrogen and oxygen atoms in total. The van der Waals surface area contributed by atoms with Crippen LogP contribution in [0.4, 0.5) is 0 Å². The van der Waals surface area contributed by atoms with Crippen LogP contribution in [0.3, 0.4) is 0 Å². The maximum atomic E-state index is 10.7. The molecule has 0 aliphatic heterocycles. The molecule has 12 heteroatoms. The van der Waals surface area contributed by atoms with E-state index in [2.05, 4.69) is 33.0 Å². The Morgan fingerprint density at radius 3 is 1.67 bits per heavy atom. The van der Waals surface area contributed by atoms with Gasteiger partial charge in [0.05, 0.1) is 43.9 Å². The van der Waals surface area contributed by atoms with Crippen molar-refractivity contribution in [3.8, 4) is 0 Å². The second-order valence-electron chi connectivity index (χ2n) is 11.5. The van der Waals surface area contributed by atoms with Gasteiger partial charge in [-0.3, -0.25) is 9.45 Å². The van der Waals surface area contributed by atoms with Crippen LogP contribution in [0.1, 0.15) is 85.5 Å². The van der Waals surface area contributed by atoms with E-state index in [1.54, 1.807) is 0 Å². The zero-order valence-corrected chi connectivity index (χ0v) is 27.7. The maximum Gasteiger partial charge on any atom is 0.264 e. The van der Waals surface area contributed by atoms with Gasteiger partial charge in [-0.1, -0.05) is 66.2 Å². The first-order valence-corrected chi connectivity index (χ1v) is 17.8. The van der Waals surface area contributed by atoms with Crippen LogP contribution in [0.5, 0.6) is 0 Å². The number of nitrogens with zero attached hydrogens (tertiary/aromatic N) is 1. The van der Waals surface area contributed by atoms with Crippen molar-refractivity contribution in [3.05, 3.63) is 0 Å². The Morgan fingerprint density at radius 1 is 0.714 bits per heavy atom. The minimum atomic E-state index is -4.01. The van der Waals surface area contributed by atoms with Crippen LogP contribution >= 0.6 is 0 Å². The van der Waals surface area contributed by atoms with E-state index in [9.17, 15) is 23.7 Å². The van der Waals surface area contributed by atoms with Gasteiger partial charge in [0.2, 0.25) is 0 Å². The Morgan fingerprint density at radius 2 is 1.21 bits per heavy atom. The molecule has 0 saturated carbocycles. The third-order valence-corrected chi connectivity index (χ3v) is 8.14. The summed E-state index contributed by atoms with van der Waals surface area (Å²) in [6.45, 7) is 12.6. The number of nitrogens with one attached hydrogen (secondary N) is 1. The quantitative estimate of drug-likeness (QED) is 0.0568. The van der Waals surface area contributed by atoms with Gasteiger partial charge in [-0.15, -0.1) is 0 Å². The third kappa shape index (κ3) is 26.0. The molecule has 0 radical (unpaired) electrons. The number of hydrogen-bond donors (Lipinski definition) is 5. The topological polar surface area (TPSA) is 158 Å². The SMILES string of the molecule is CCCCC(CC)COCC(O)CN(CCNCC(O)COCCCS(=O)(=O)O)CC(O)COCC(CC)CCCC. The minimum absolute atomic E-state index is 0.0440.